The Hall–Kier alpha value is -5.71. The lowest BCUT2D eigenvalue weighted by atomic mass is 10.1. The first-order valence-electron chi connectivity index (χ1n) is 11.3. The predicted molar refractivity (Wildman–Crippen MR) is 143 cm³/mol. The van der Waals surface area contributed by atoms with E-state index in [0.717, 1.165) is 35.3 Å². The third-order valence-corrected chi connectivity index (χ3v) is 6.00. The zero-order valence-corrected chi connectivity index (χ0v) is 19.4. The van der Waals surface area contributed by atoms with Gasteiger partial charge in [0.25, 0.3) is 11.4 Å². The van der Waals surface area contributed by atoms with E-state index < -0.39 is 27.0 Å². The normalized spacial score (nSPS) is 17.7. The summed E-state index contributed by atoms with van der Waals surface area (Å²) in [7, 11) is 0. The molecule has 6 rings (SSSR count). The van der Waals surface area contributed by atoms with Crippen LogP contribution in [-0.2, 0) is 0 Å². The highest BCUT2D eigenvalue weighted by Crippen LogP contribution is 2.28. The Labute approximate surface area is 213 Å². The van der Waals surface area contributed by atoms with Crippen LogP contribution in [0.5, 0.6) is 0 Å². The van der Waals surface area contributed by atoms with E-state index in [2.05, 4.69) is 20.0 Å². The van der Waals surface area contributed by atoms with Crippen LogP contribution in [0.25, 0.3) is 17.9 Å². The summed E-state index contributed by atoms with van der Waals surface area (Å²) < 4.78 is 0. The number of nitrogens with zero attached hydrogens (tertiary/aromatic N) is 5. The molecule has 38 heavy (non-hydrogen) atoms. The van der Waals surface area contributed by atoms with Crippen LogP contribution in [0.3, 0.4) is 0 Å². The molecule has 184 valence electrons. The zero-order valence-electron chi connectivity index (χ0n) is 19.4. The SMILES string of the molecule is O=[N+]([O-])c1ccc(C(O)=c2cc3[nH]c2=CC2=NC(=CC4=NC(=CC5=NC(=C3)C=C5)C=C4)C=C2)c([N+](=O)[O-])c1. The summed E-state index contributed by atoms with van der Waals surface area (Å²) in [5.41, 5.74) is 3.51. The van der Waals surface area contributed by atoms with Gasteiger partial charge in [-0.15, -0.1) is 0 Å². The highest BCUT2D eigenvalue weighted by Gasteiger charge is 2.23. The second-order valence-corrected chi connectivity index (χ2v) is 8.58. The van der Waals surface area contributed by atoms with Crippen molar-refractivity contribution in [2.75, 3.05) is 0 Å². The molecule has 0 fully saturated rings. The van der Waals surface area contributed by atoms with E-state index in [1.165, 1.54) is 0 Å². The molecule has 0 saturated heterocycles. The molecular weight excluding hydrogens is 488 g/mol. The van der Waals surface area contributed by atoms with Gasteiger partial charge in [-0.25, -0.2) is 15.0 Å². The van der Waals surface area contributed by atoms with Crippen LogP contribution in [0.4, 0.5) is 11.4 Å². The van der Waals surface area contributed by atoms with Gasteiger partial charge in [0.1, 0.15) is 5.76 Å². The summed E-state index contributed by atoms with van der Waals surface area (Å²) in [4.78, 5) is 38.3. The van der Waals surface area contributed by atoms with Gasteiger partial charge in [0, 0.05) is 17.0 Å². The number of nitro benzene ring substituents is 2. The zero-order chi connectivity index (χ0) is 26.4. The van der Waals surface area contributed by atoms with Gasteiger partial charge in [-0.1, -0.05) is 0 Å². The number of rotatable bonds is 3. The molecule has 8 bridgehead atoms. The lowest BCUT2D eigenvalue weighted by Gasteiger charge is -2.02. The van der Waals surface area contributed by atoms with E-state index in [0.29, 0.717) is 28.1 Å². The van der Waals surface area contributed by atoms with E-state index in [1.54, 1.807) is 24.3 Å². The van der Waals surface area contributed by atoms with E-state index in [-0.39, 0.29) is 10.8 Å². The highest BCUT2D eigenvalue weighted by molar-refractivity contribution is 6.20. The molecule has 11 nitrogen and oxygen atoms in total. The minimum atomic E-state index is -0.765. The molecule has 11 heteroatoms. The van der Waals surface area contributed by atoms with Crippen LogP contribution >= 0.6 is 0 Å². The average molecular weight is 504 g/mol. The van der Waals surface area contributed by atoms with Crippen molar-refractivity contribution in [1.82, 2.24) is 4.98 Å². The Bertz CT molecular complexity index is 1880. The molecular formula is C27H16N6O5. The van der Waals surface area contributed by atoms with Crippen LogP contribution in [0.1, 0.15) is 11.3 Å². The fraction of sp³-hybridized carbons (Fsp3) is 0. The third kappa shape index (κ3) is 4.24. The monoisotopic (exact) mass is 504 g/mol. The second-order valence-electron chi connectivity index (χ2n) is 8.58. The van der Waals surface area contributed by atoms with E-state index in [9.17, 15) is 25.3 Å². The molecule has 0 amide bonds. The standard InChI is InChI=1S/C27H16N6O5/c34-27(23-8-7-22(32(35)36)14-26(23)33(37)38)24-12-21-11-19-4-3-17(29-19)9-15-1-2-16(28-15)10-18-5-6-20(30-18)13-25(24)31-21/h1-14,31,34H. The van der Waals surface area contributed by atoms with Crippen molar-refractivity contribution < 1.29 is 15.0 Å². The van der Waals surface area contributed by atoms with Crippen molar-refractivity contribution >= 4 is 46.4 Å². The van der Waals surface area contributed by atoms with Gasteiger partial charge in [-0.2, -0.15) is 0 Å². The summed E-state index contributed by atoms with van der Waals surface area (Å²) in [5.74, 6) is -0.414. The predicted octanol–water partition coefficient (Wildman–Crippen LogP) is 3.48. The fourth-order valence-corrected chi connectivity index (χ4v) is 4.29. The van der Waals surface area contributed by atoms with Crippen LogP contribution < -0.4 is 10.6 Å². The number of aromatic nitrogens is 1. The third-order valence-electron chi connectivity index (χ3n) is 6.00. The molecule has 0 spiro atoms. The molecule has 2 N–H and O–H groups in total. The number of nitro groups is 2. The van der Waals surface area contributed by atoms with E-state index >= 15 is 0 Å². The number of hydrogen-bond donors (Lipinski definition) is 2. The topological polar surface area (TPSA) is 159 Å². The lowest BCUT2D eigenvalue weighted by molar-refractivity contribution is -0.394. The molecule has 4 aliphatic rings. The number of allylic oxidation sites excluding steroid dienone is 8. The molecule has 0 saturated carbocycles. The number of non-ortho nitro benzene ring substituents is 1. The summed E-state index contributed by atoms with van der Waals surface area (Å²) in [6.45, 7) is 0. The number of fused-ring (bicyclic) bond motifs is 5. The van der Waals surface area contributed by atoms with Gasteiger partial charge < -0.3 is 10.1 Å². The first-order chi connectivity index (χ1) is 18.3. The molecule has 0 unspecified atom stereocenters. The minimum absolute atomic E-state index is 0.155. The number of H-pyrrole nitrogens is 1. The minimum Gasteiger partial charge on any atom is -0.506 e. The molecule has 0 atom stereocenters. The largest absolute Gasteiger partial charge is 0.506 e. The number of aromatic amines is 1. The molecule has 0 aliphatic carbocycles. The van der Waals surface area contributed by atoms with Crippen LogP contribution in [-0.4, -0.2) is 37.1 Å². The molecule has 1 aromatic carbocycles. The van der Waals surface area contributed by atoms with Gasteiger partial charge in [0.2, 0.25) is 0 Å². The van der Waals surface area contributed by atoms with Gasteiger partial charge in [0.15, 0.2) is 0 Å². The average Bonchev–Trinajstić information content (AvgIpc) is 3.68. The van der Waals surface area contributed by atoms with E-state index in [4.69, 9.17) is 0 Å². The van der Waals surface area contributed by atoms with Gasteiger partial charge in [-0.05, 0) is 72.9 Å². The lowest BCUT2D eigenvalue weighted by Crippen LogP contribution is -2.26. The maximum absolute atomic E-state index is 11.7. The summed E-state index contributed by atoms with van der Waals surface area (Å²) in [6, 6.07) is 4.73. The van der Waals surface area contributed by atoms with Crippen molar-refractivity contribution in [3.05, 3.63) is 132 Å². The summed E-state index contributed by atoms with van der Waals surface area (Å²) in [6.07, 6.45) is 18.3. The number of nitrogens with one attached hydrogen (secondary N) is 1. The fourth-order valence-electron chi connectivity index (χ4n) is 4.29. The van der Waals surface area contributed by atoms with Gasteiger partial charge in [0.05, 0.1) is 61.1 Å². The van der Waals surface area contributed by atoms with Crippen LogP contribution in [0.15, 0.2) is 105 Å². The Morgan fingerprint density at radius 3 is 1.89 bits per heavy atom. The second kappa shape index (κ2) is 8.75. The Kier molecular flexibility index (Phi) is 5.23. The molecule has 0 radical (unpaired) electrons. The van der Waals surface area contributed by atoms with Gasteiger partial charge >= 0.3 is 0 Å². The Balaban J connectivity index is 1.59. The number of aliphatic hydroxyl groups excluding tert-OH is 1. The summed E-state index contributed by atoms with van der Waals surface area (Å²) >= 11 is 0. The summed E-state index contributed by atoms with van der Waals surface area (Å²) in [5, 5.41) is 34.8. The van der Waals surface area contributed by atoms with E-state index in [1.807, 2.05) is 42.5 Å². The van der Waals surface area contributed by atoms with Crippen molar-refractivity contribution in [2.24, 2.45) is 15.0 Å². The Morgan fingerprint density at radius 2 is 1.32 bits per heavy atom. The van der Waals surface area contributed by atoms with Crippen molar-refractivity contribution in [3.8, 4) is 0 Å². The number of aliphatic hydroxyl groups is 1. The van der Waals surface area contributed by atoms with Crippen molar-refractivity contribution in [1.29, 1.82) is 0 Å². The molecule has 4 aliphatic heterocycles. The first-order valence-corrected chi connectivity index (χ1v) is 11.3. The van der Waals surface area contributed by atoms with Crippen LogP contribution in [0, 0.1) is 20.2 Å². The van der Waals surface area contributed by atoms with Gasteiger partial charge in [-0.3, -0.25) is 20.2 Å². The number of benzene rings is 1. The number of aliphatic imine (C=N–C) groups is 3. The first kappa shape index (κ1) is 22.7. The maximum Gasteiger partial charge on any atom is 0.287 e. The van der Waals surface area contributed by atoms with Crippen LogP contribution in [0.2, 0.25) is 0 Å². The Morgan fingerprint density at radius 1 is 0.737 bits per heavy atom. The quantitative estimate of drug-likeness (QED) is 0.483. The highest BCUT2D eigenvalue weighted by atomic mass is 16.6. The smallest absolute Gasteiger partial charge is 0.287 e. The number of hydrogen-bond acceptors (Lipinski definition) is 8. The molecule has 2 aromatic rings. The van der Waals surface area contributed by atoms with Crippen molar-refractivity contribution in [2.45, 2.75) is 0 Å². The maximum atomic E-state index is 11.7. The van der Waals surface area contributed by atoms with Crippen molar-refractivity contribution in [3.63, 3.8) is 0 Å². The molecule has 1 aromatic heterocycles. The molecule has 5 heterocycles.